The third-order valence-electron chi connectivity index (χ3n) is 7.42. The van der Waals surface area contributed by atoms with Crippen LogP contribution in [0.4, 0.5) is 0 Å². The molecule has 2 heteroatoms. The van der Waals surface area contributed by atoms with Crippen LogP contribution in [0.5, 0.6) is 11.5 Å². The Bertz CT molecular complexity index is 522. The van der Waals surface area contributed by atoms with E-state index in [9.17, 15) is 0 Å². The van der Waals surface area contributed by atoms with E-state index in [2.05, 4.69) is 38.1 Å². The van der Waals surface area contributed by atoms with Crippen LogP contribution in [0.1, 0.15) is 90.9 Å². The fourth-order valence-corrected chi connectivity index (χ4v) is 5.14. The van der Waals surface area contributed by atoms with Crippen LogP contribution >= 0.6 is 0 Å². The van der Waals surface area contributed by atoms with Crippen molar-refractivity contribution in [1.82, 2.24) is 0 Å². The van der Waals surface area contributed by atoms with Crippen LogP contribution in [-0.2, 0) is 0 Å². The number of hydrogen-bond donors (Lipinski definition) is 0. The molecule has 0 aromatic heterocycles. The average molecular weight is 387 g/mol. The summed E-state index contributed by atoms with van der Waals surface area (Å²) in [4.78, 5) is 0. The van der Waals surface area contributed by atoms with Crippen molar-refractivity contribution in [2.24, 2.45) is 23.7 Å². The summed E-state index contributed by atoms with van der Waals surface area (Å²) in [6.45, 7) is 6.38. The lowest BCUT2D eigenvalue weighted by Gasteiger charge is -2.27. The Balaban J connectivity index is 1.27. The van der Waals surface area contributed by atoms with Crippen LogP contribution in [0.15, 0.2) is 24.3 Å². The monoisotopic (exact) mass is 386 g/mol. The van der Waals surface area contributed by atoms with Crippen molar-refractivity contribution in [3.8, 4) is 11.5 Å². The summed E-state index contributed by atoms with van der Waals surface area (Å²) in [5.41, 5.74) is 0. The summed E-state index contributed by atoms with van der Waals surface area (Å²) < 4.78 is 12.0. The maximum Gasteiger partial charge on any atom is 0.119 e. The largest absolute Gasteiger partial charge is 0.494 e. The maximum atomic E-state index is 6.04. The number of hydrogen-bond acceptors (Lipinski definition) is 2. The summed E-state index contributed by atoms with van der Waals surface area (Å²) in [6, 6.07) is 8.27. The highest BCUT2D eigenvalue weighted by molar-refractivity contribution is 5.31. The van der Waals surface area contributed by atoms with Gasteiger partial charge in [0.15, 0.2) is 0 Å². The normalized spacial score (nSPS) is 28.1. The molecule has 158 valence electrons. The van der Waals surface area contributed by atoms with Gasteiger partial charge in [-0.3, -0.25) is 0 Å². The Labute approximate surface area is 173 Å². The Morgan fingerprint density at radius 3 is 1.64 bits per heavy atom. The van der Waals surface area contributed by atoms with Crippen molar-refractivity contribution in [2.75, 3.05) is 13.2 Å². The molecule has 2 aliphatic carbocycles. The zero-order valence-corrected chi connectivity index (χ0v) is 18.3. The van der Waals surface area contributed by atoms with Crippen LogP contribution in [0.25, 0.3) is 0 Å². The molecule has 0 spiro atoms. The molecule has 0 radical (unpaired) electrons. The second-order valence-corrected chi connectivity index (χ2v) is 9.36. The molecule has 0 amide bonds. The standard InChI is InChI=1S/C26H42O2/c1-3-21-7-11-23(12-8-21)6-5-19-27-25-15-17-26(18-16-25)28-20-24-13-9-22(4-2)10-14-24/h15-18,21-24H,3-14,19-20H2,1-2H3/t21-,22-,23-,24-. The Hall–Kier alpha value is -1.18. The average Bonchev–Trinajstić information content (AvgIpc) is 2.77. The lowest BCUT2D eigenvalue weighted by Crippen LogP contribution is -2.19. The molecule has 0 heterocycles. The van der Waals surface area contributed by atoms with E-state index in [0.717, 1.165) is 48.4 Å². The smallest absolute Gasteiger partial charge is 0.119 e. The topological polar surface area (TPSA) is 18.5 Å². The third kappa shape index (κ3) is 7.01. The van der Waals surface area contributed by atoms with Gasteiger partial charge in [0.25, 0.3) is 0 Å². The predicted molar refractivity (Wildman–Crippen MR) is 118 cm³/mol. The summed E-state index contributed by atoms with van der Waals surface area (Å²) in [5, 5.41) is 0. The first-order valence-electron chi connectivity index (χ1n) is 12.1. The molecular formula is C26H42O2. The zero-order chi connectivity index (χ0) is 19.6. The first-order valence-corrected chi connectivity index (χ1v) is 12.1. The maximum absolute atomic E-state index is 6.04. The molecule has 0 N–H and O–H groups in total. The van der Waals surface area contributed by atoms with E-state index in [-0.39, 0.29) is 0 Å². The van der Waals surface area contributed by atoms with Crippen molar-refractivity contribution < 1.29 is 9.47 Å². The molecular weight excluding hydrogens is 344 g/mol. The van der Waals surface area contributed by atoms with Crippen LogP contribution in [-0.4, -0.2) is 13.2 Å². The molecule has 1 aromatic rings. The molecule has 3 rings (SSSR count). The molecule has 2 saturated carbocycles. The van der Waals surface area contributed by atoms with Gasteiger partial charge >= 0.3 is 0 Å². The molecule has 0 unspecified atom stereocenters. The van der Waals surface area contributed by atoms with Crippen molar-refractivity contribution in [3.05, 3.63) is 24.3 Å². The van der Waals surface area contributed by atoms with E-state index in [4.69, 9.17) is 9.47 Å². The number of ether oxygens (including phenoxy) is 2. The highest BCUT2D eigenvalue weighted by atomic mass is 16.5. The summed E-state index contributed by atoms with van der Waals surface area (Å²) in [6.07, 6.45) is 16.4. The quantitative estimate of drug-likeness (QED) is 0.384. The Morgan fingerprint density at radius 1 is 0.643 bits per heavy atom. The fraction of sp³-hybridized carbons (Fsp3) is 0.769. The molecule has 0 atom stereocenters. The Kier molecular flexibility index (Phi) is 9.02. The molecule has 0 aliphatic heterocycles. The lowest BCUT2D eigenvalue weighted by atomic mass is 9.79. The van der Waals surface area contributed by atoms with Crippen molar-refractivity contribution in [3.63, 3.8) is 0 Å². The van der Waals surface area contributed by atoms with Gasteiger partial charge in [-0.15, -0.1) is 0 Å². The second kappa shape index (κ2) is 11.7. The van der Waals surface area contributed by atoms with Crippen LogP contribution in [0.2, 0.25) is 0 Å². The number of benzene rings is 1. The molecule has 0 saturated heterocycles. The molecule has 0 bridgehead atoms. The molecule has 1 aromatic carbocycles. The van der Waals surface area contributed by atoms with E-state index in [1.54, 1.807) is 0 Å². The van der Waals surface area contributed by atoms with Crippen LogP contribution in [0.3, 0.4) is 0 Å². The van der Waals surface area contributed by atoms with Gasteiger partial charge in [0.05, 0.1) is 13.2 Å². The molecule has 28 heavy (non-hydrogen) atoms. The van der Waals surface area contributed by atoms with Crippen LogP contribution < -0.4 is 9.47 Å². The molecule has 2 aliphatic rings. The minimum absolute atomic E-state index is 0.742. The highest BCUT2D eigenvalue weighted by Gasteiger charge is 2.21. The van der Waals surface area contributed by atoms with Gasteiger partial charge in [0.2, 0.25) is 0 Å². The first-order chi connectivity index (χ1) is 13.8. The minimum atomic E-state index is 0.742. The minimum Gasteiger partial charge on any atom is -0.494 e. The zero-order valence-electron chi connectivity index (χ0n) is 18.3. The van der Waals surface area contributed by atoms with E-state index in [1.807, 2.05) is 0 Å². The number of rotatable bonds is 10. The highest BCUT2D eigenvalue weighted by Crippen LogP contribution is 2.33. The molecule has 2 nitrogen and oxygen atoms in total. The van der Waals surface area contributed by atoms with Gasteiger partial charge in [-0.2, -0.15) is 0 Å². The van der Waals surface area contributed by atoms with Crippen molar-refractivity contribution >= 4 is 0 Å². The third-order valence-corrected chi connectivity index (χ3v) is 7.42. The summed E-state index contributed by atoms with van der Waals surface area (Å²) in [5.74, 6) is 5.60. The fourth-order valence-electron chi connectivity index (χ4n) is 5.14. The van der Waals surface area contributed by atoms with Gasteiger partial charge in [-0.05, 0) is 73.6 Å². The van der Waals surface area contributed by atoms with Crippen LogP contribution in [0, 0.1) is 23.7 Å². The first kappa shape index (κ1) is 21.5. The van der Waals surface area contributed by atoms with Crippen molar-refractivity contribution in [2.45, 2.75) is 90.9 Å². The SMILES string of the molecule is CC[C@H]1CC[C@H](CCCOc2ccc(OC[C@H]3CC[C@H](CC)CC3)cc2)CC1. The summed E-state index contributed by atoms with van der Waals surface area (Å²) >= 11 is 0. The second-order valence-electron chi connectivity index (χ2n) is 9.36. The van der Waals surface area contributed by atoms with Gasteiger partial charge < -0.3 is 9.47 Å². The lowest BCUT2D eigenvalue weighted by molar-refractivity contribution is 0.181. The molecule has 2 fully saturated rings. The van der Waals surface area contributed by atoms with E-state index in [1.165, 1.54) is 77.0 Å². The van der Waals surface area contributed by atoms with Crippen molar-refractivity contribution in [1.29, 1.82) is 0 Å². The summed E-state index contributed by atoms with van der Waals surface area (Å²) in [7, 11) is 0. The van der Waals surface area contributed by atoms with Gasteiger partial charge in [-0.1, -0.05) is 65.2 Å². The van der Waals surface area contributed by atoms with E-state index < -0.39 is 0 Å². The van der Waals surface area contributed by atoms with E-state index >= 15 is 0 Å². The van der Waals surface area contributed by atoms with Gasteiger partial charge in [0.1, 0.15) is 11.5 Å². The predicted octanol–water partition coefficient (Wildman–Crippen LogP) is 7.66. The van der Waals surface area contributed by atoms with Gasteiger partial charge in [-0.25, -0.2) is 0 Å². The Morgan fingerprint density at radius 2 is 1.11 bits per heavy atom. The van der Waals surface area contributed by atoms with Gasteiger partial charge in [0, 0.05) is 0 Å². The van der Waals surface area contributed by atoms with E-state index in [0.29, 0.717) is 0 Å².